The molecule has 0 atom stereocenters. The van der Waals surface area contributed by atoms with Crippen molar-refractivity contribution in [3.63, 3.8) is 0 Å². The van der Waals surface area contributed by atoms with Gasteiger partial charge in [-0.2, -0.15) is 0 Å². The molecule has 6 nitrogen and oxygen atoms in total. The van der Waals surface area contributed by atoms with Crippen LogP contribution in [-0.4, -0.2) is 20.3 Å². The van der Waals surface area contributed by atoms with Crippen LogP contribution in [0, 0.1) is 6.92 Å². The summed E-state index contributed by atoms with van der Waals surface area (Å²) in [5.41, 5.74) is 1.59. The number of nitrogens with one attached hydrogen (secondary N) is 1. The minimum absolute atomic E-state index is 0.0705. The van der Waals surface area contributed by atoms with E-state index in [0.29, 0.717) is 6.54 Å². The summed E-state index contributed by atoms with van der Waals surface area (Å²) in [4.78, 5) is 21.9. The number of nitrogens with zero attached hydrogens (tertiary/aromatic N) is 3. The minimum Gasteiger partial charge on any atom is -0.459 e. The summed E-state index contributed by atoms with van der Waals surface area (Å²) in [7, 11) is 0. The molecule has 0 spiro atoms. The van der Waals surface area contributed by atoms with Crippen molar-refractivity contribution in [1.82, 2.24) is 19.7 Å². The third kappa shape index (κ3) is 3.10. The van der Waals surface area contributed by atoms with Gasteiger partial charge in [0, 0.05) is 23.2 Å². The van der Waals surface area contributed by atoms with Crippen molar-refractivity contribution >= 4 is 33.5 Å². The number of carbonyl (C=O) groups is 1. The fraction of sp³-hybridized carbons (Fsp3) is 0.188. The number of rotatable bonds is 5. The molecule has 122 valence electrons. The molecule has 4 heterocycles. The molecule has 0 aliphatic carbocycles. The lowest BCUT2D eigenvalue weighted by atomic mass is 10.3. The van der Waals surface area contributed by atoms with Crippen LogP contribution in [0.2, 0.25) is 0 Å². The van der Waals surface area contributed by atoms with Crippen molar-refractivity contribution in [2.45, 2.75) is 19.9 Å². The number of aromatic nitrogens is 3. The van der Waals surface area contributed by atoms with Gasteiger partial charge in [-0.3, -0.25) is 9.20 Å². The molecular weight excluding hydrogens is 344 g/mol. The van der Waals surface area contributed by atoms with Crippen molar-refractivity contribution in [2.75, 3.05) is 0 Å². The Labute approximate surface area is 145 Å². The smallest absolute Gasteiger partial charge is 0.226 e. The maximum atomic E-state index is 12.1. The summed E-state index contributed by atoms with van der Waals surface area (Å²) in [5.74, 6) is 1.51. The lowest BCUT2D eigenvalue weighted by Crippen LogP contribution is -2.24. The highest BCUT2D eigenvalue weighted by atomic mass is 32.1. The van der Waals surface area contributed by atoms with Gasteiger partial charge < -0.3 is 9.73 Å². The lowest BCUT2D eigenvalue weighted by molar-refractivity contribution is -0.120. The van der Waals surface area contributed by atoms with E-state index in [-0.39, 0.29) is 12.3 Å². The average Bonchev–Trinajstić information content (AvgIpc) is 3.27. The normalized spacial score (nSPS) is 11.2. The number of thiazole rings is 2. The SMILES string of the molecule is Cc1ccc(-c2nc(CC(=O)NCc3cn4ccsc4n3)cs2)o1. The van der Waals surface area contributed by atoms with E-state index in [0.717, 1.165) is 32.9 Å². The van der Waals surface area contributed by atoms with E-state index in [1.54, 1.807) is 11.3 Å². The Morgan fingerprint density at radius 2 is 2.21 bits per heavy atom. The Morgan fingerprint density at radius 3 is 3.00 bits per heavy atom. The molecule has 0 unspecified atom stereocenters. The molecule has 8 heteroatoms. The van der Waals surface area contributed by atoms with Crippen LogP contribution in [-0.2, 0) is 17.8 Å². The second-order valence-corrected chi connectivity index (χ2v) is 7.06. The molecule has 4 aromatic rings. The lowest BCUT2D eigenvalue weighted by Gasteiger charge is -2.01. The van der Waals surface area contributed by atoms with Crippen molar-refractivity contribution in [3.8, 4) is 10.8 Å². The van der Waals surface area contributed by atoms with Gasteiger partial charge in [0.25, 0.3) is 0 Å². The van der Waals surface area contributed by atoms with Crippen LogP contribution in [0.15, 0.2) is 39.7 Å². The maximum Gasteiger partial charge on any atom is 0.226 e. The van der Waals surface area contributed by atoms with Gasteiger partial charge in [0.15, 0.2) is 15.7 Å². The second-order valence-electron chi connectivity index (χ2n) is 5.33. The first-order valence-corrected chi connectivity index (χ1v) is 9.12. The average molecular weight is 358 g/mol. The molecule has 1 N–H and O–H groups in total. The van der Waals surface area contributed by atoms with E-state index in [9.17, 15) is 4.79 Å². The monoisotopic (exact) mass is 358 g/mol. The number of hydrogen-bond acceptors (Lipinski definition) is 6. The topological polar surface area (TPSA) is 72.4 Å². The van der Waals surface area contributed by atoms with E-state index in [4.69, 9.17) is 4.42 Å². The van der Waals surface area contributed by atoms with E-state index in [1.807, 2.05) is 46.6 Å². The summed E-state index contributed by atoms with van der Waals surface area (Å²) in [6.07, 6.45) is 4.12. The van der Waals surface area contributed by atoms with E-state index < -0.39 is 0 Å². The number of furan rings is 1. The van der Waals surface area contributed by atoms with Crippen LogP contribution >= 0.6 is 22.7 Å². The number of carbonyl (C=O) groups excluding carboxylic acids is 1. The van der Waals surface area contributed by atoms with Crippen LogP contribution in [0.3, 0.4) is 0 Å². The van der Waals surface area contributed by atoms with Crippen LogP contribution in [0.1, 0.15) is 17.1 Å². The minimum atomic E-state index is -0.0705. The molecule has 0 radical (unpaired) electrons. The molecule has 24 heavy (non-hydrogen) atoms. The molecule has 0 aliphatic heterocycles. The Bertz CT molecular complexity index is 966. The van der Waals surface area contributed by atoms with Crippen LogP contribution < -0.4 is 5.32 Å². The number of amides is 1. The predicted molar refractivity (Wildman–Crippen MR) is 93.2 cm³/mol. The Kier molecular flexibility index (Phi) is 3.91. The Balaban J connectivity index is 1.36. The number of aryl methyl sites for hydroxylation is 1. The fourth-order valence-corrected chi connectivity index (χ4v) is 3.83. The third-order valence-electron chi connectivity index (χ3n) is 3.45. The zero-order chi connectivity index (χ0) is 16.5. The first-order chi connectivity index (χ1) is 11.7. The highest BCUT2D eigenvalue weighted by molar-refractivity contribution is 7.15. The van der Waals surface area contributed by atoms with Gasteiger partial charge >= 0.3 is 0 Å². The van der Waals surface area contributed by atoms with Crippen LogP contribution in [0.4, 0.5) is 0 Å². The van der Waals surface area contributed by atoms with Gasteiger partial charge in [-0.05, 0) is 19.1 Å². The number of fused-ring (bicyclic) bond motifs is 1. The molecule has 0 aromatic carbocycles. The highest BCUT2D eigenvalue weighted by Gasteiger charge is 2.12. The molecular formula is C16H14N4O2S2. The molecule has 0 aliphatic rings. The number of imidazole rings is 1. The van der Waals surface area contributed by atoms with Gasteiger partial charge in [0.2, 0.25) is 5.91 Å². The first kappa shape index (κ1) is 15.1. The van der Waals surface area contributed by atoms with Crippen molar-refractivity contribution < 1.29 is 9.21 Å². The van der Waals surface area contributed by atoms with Crippen molar-refractivity contribution in [3.05, 3.63) is 52.4 Å². The van der Waals surface area contributed by atoms with E-state index in [1.165, 1.54) is 11.3 Å². The summed E-state index contributed by atoms with van der Waals surface area (Å²) >= 11 is 3.05. The summed E-state index contributed by atoms with van der Waals surface area (Å²) in [6, 6.07) is 3.79. The van der Waals surface area contributed by atoms with Crippen molar-refractivity contribution in [2.24, 2.45) is 0 Å². The standard InChI is InChI=1S/C16H14N4O2S2/c1-10-2-3-13(22-10)15-18-11(9-24-15)6-14(21)17-7-12-8-20-4-5-23-16(20)19-12/h2-5,8-9H,6-7H2,1H3,(H,17,21). The van der Waals surface area contributed by atoms with E-state index in [2.05, 4.69) is 15.3 Å². The zero-order valence-corrected chi connectivity index (χ0v) is 14.5. The summed E-state index contributed by atoms with van der Waals surface area (Å²) < 4.78 is 7.50. The fourth-order valence-electron chi connectivity index (χ4n) is 2.33. The largest absolute Gasteiger partial charge is 0.459 e. The molecule has 0 saturated heterocycles. The second kappa shape index (κ2) is 6.21. The van der Waals surface area contributed by atoms with E-state index >= 15 is 0 Å². The predicted octanol–water partition coefficient (Wildman–Crippen LogP) is 3.28. The van der Waals surface area contributed by atoms with Crippen LogP contribution in [0.5, 0.6) is 0 Å². The molecule has 0 fully saturated rings. The van der Waals surface area contributed by atoms with Gasteiger partial charge in [0.05, 0.1) is 24.4 Å². The quantitative estimate of drug-likeness (QED) is 0.594. The van der Waals surface area contributed by atoms with Crippen LogP contribution in [0.25, 0.3) is 15.7 Å². The summed E-state index contributed by atoms with van der Waals surface area (Å²) in [6.45, 7) is 2.31. The zero-order valence-electron chi connectivity index (χ0n) is 12.9. The molecule has 1 amide bonds. The Morgan fingerprint density at radius 1 is 1.29 bits per heavy atom. The van der Waals surface area contributed by atoms with Gasteiger partial charge in [-0.15, -0.1) is 22.7 Å². The molecule has 0 saturated carbocycles. The van der Waals surface area contributed by atoms with Gasteiger partial charge in [0.1, 0.15) is 5.76 Å². The first-order valence-electron chi connectivity index (χ1n) is 7.36. The maximum absolute atomic E-state index is 12.1. The van der Waals surface area contributed by atoms with Gasteiger partial charge in [-0.1, -0.05) is 0 Å². The molecule has 4 aromatic heterocycles. The van der Waals surface area contributed by atoms with Crippen molar-refractivity contribution in [1.29, 1.82) is 0 Å². The number of hydrogen-bond donors (Lipinski definition) is 1. The summed E-state index contributed by atoms with van der Waals surface area (Å²) in [5, 5.41) is 7.54. The Hall–Kier alpha value is -2.45. The molecule has 4 rings (SSSR count). The molecule has 0 bridgehead atoms. The third-order valence-corrected chi connectivity index (χ3v) is 5.13. The highest BCUT2D eigenvalue weighted by Crippen LogP contribution is 2.25. The van der Waals surface area contributed by atoms with Gasteiger partial charge in [-0.25, -0.2) is 9.97 Å².